The highest BCUT2D eigenvalue weighted by Crippen LogP contribution is 2.30. The van der Waals surface area contributed by atoms with Crippen LogP contribution in [0.15, 0.2) is 12.1 Å². The first kappa shape index (κ1) is 14.6. The van der Waals surface area contributed by atoms with Gasteiger partial charge in [0.15, 0.2) is 0 Å². The first-order chi connectivity index (χ1) is 9.52. The Hall–Kier alpha value is -1.78. The minimum Gasteiger partial charge on any atom is -0.478 e. The summed E-state index contributed by atoms with van der Waals surface area (Å²) in [6, 6.07) is 2.46. The quantitative estimate of drug-likeness (QED) is 0.832. The number of carbonyl (C=O) groups is 1. The van der Waals surface area contributed by atoms with Crippen LogP contribution in [0.5, 0.6) is 0 Å². The second kappa shape index (κ2) is 6.11. The number of rotatable bonds is 4. The number of nitrogens with zero attached hydrogens (tertiary/aromatic N) is 1. The Labute approximate surface area is 118 Å². The summed E-state index contributed by atoms with van der Waals surface area (Å²) in [5.74, 6) is -0.863. The molecule has 0 amide bonds. The molecule has 1 aliphatic rings. The van der Waals surface area contributed by atoms with E-state index < -0.39 is 11.8 Å². The van der Waals surface area contributed by atoms with Gasteiger partial charge in [0.25, 0.3) is 0 Å². The van der Waals surface area contributed by atoms with Crippen molar-refractivity contribution in [2.75, 3.05) is 23.7 Å². The van der Waals surface area contributed by atoms with Gasteiger partial charge in [-0.2, -0.15) is 0 Å². The largest absolute Gasteiger partial charge is 0.478 e. The molecule has 1 heterocycles. The molecule has 0 spiro atoms. The summed E-state index contributed by atoms with van der Waals surface area (Å²) in [7, 11) is 0. The highest BCUT2D eigenvalue weighted by atomic mass is 19.1. The van der Waals surface area contributed by atoms with Crippen molar-refractivity contribution in [3.63, 3.8) is 0 Å². The number of hydrogen-bond acceptors (Lipinski definition) is 3. The van der Waals surface area contributed by atoms with Crippen LogP contribution in [0.1, 0.15) is 43.0 Å². The third-order valence-corrected chi connectivity index (χ3v) is 4.00. The van der Waals surface area contributed by atoms with Crippen LogP contribution in [0.2, 0.25) is 0 Å². The molecule has 1 aromatic rings. The maximum atomic E-state index is 14.0. The highest BCUT2D eigenvalue weighted by Gasteiger charge is 2.22. The molecular weight excluding hydrogens is 259 g/mol. The van der Waals surface area contributed by atoms with Gasteiger partial charge in [0.1, 0.15) is 5.82 Å². The van der Waals surface area contributed by atoms with Crippen molar-refractivity contribution in [1.82, 2.24) is 0 Å². The lowest BCUT2D eigenvalue weighted by atomic mass is 9.92. The van der Waals surface area contributed by atoms with Crippen LogP contribution < -0.4 is 10.6 Å². The number of piperidine rings is 1. The van der Waals surface area contributed by atoms with Crippen molar-refractivity contribution < 1.29 is 14.3 Å². The summed E-state index contributed by atoms with van der Waals surface area (Å²) < 4.78 is 14.0. The lowest BCUT2D eigenvalue weighted by Gasteiger charge is -2.34. The van der Waals surface area contributed by atoms with E-state index in [2.05, 4.69) is 6.92 Å². The molecule has 4 nitrogen and oxygen atoms in total. The molecule has 3 N–H and O–H groups in total. The standard InChI is InChI=1S/C15H21FN2O2/c1-2-3-10-4-6-18(7-5-10)14-8-11(15(19)20)13(17)9-12(14)16/h8-10H,2-7,17H2,1H3,(H,19,20). The average Bonchev–Trinajstić information content (AvgIpc) is 2.40. The summed E-state index contributed by atoms with van der Waals surface area (Å²) in [6.07, 6.45) is 4.43. The van der Waals surface area contributed by atoms with Gasteiger partial charge in [0.05, 0.1) is 11.3 Å². The molecule has 1 fully saturated rings. The molecule has 5 heteroatoms. The van der Waals surface area contributed by atoms with Gasteiger partial charge in [-0.1, -0.05) is 19.8 Å². The minimum absolute atomic E-state index is 0.0281. The maximum Gasteiger partial charge on any atom is 0.337 e. The van der Waals surface area contributed by atoms with Gasteiger partial charge in [-0.05, 0) is 30.9 Å². The molecule has 1 aromatic carbocycles. The Kier molecular flexibility index (Phi) is 4.47. The second-order valence-electron chi connectivity index (χ2n) is 5.42. The molecule has 1 saturated heterocycles. The van der Waals surface area contributed by atoms with E-state index in [0.29, 0.717) is 11.6 Å². The van der Waals surface area contributed by atoms with Gasteiger partial charge < -0.3 is 15.7 Å². The zero-order valence-electron chi connectivity index (χ0n) is 11.7. The van der Waals surface area contributed by atoms with Crippen LogP contribution in [-0.2, 0) is 0 Å². The number of aromatic carboxylic acids is 1. The Balaban J connectivity index is 2.17. The molecule has 110 valence electrons. The van der Waals surface area contributed by atoms with Gasteiger partial charge >= 0.3 is 5.97 Å². The first-order valence-electron chi connectivity index (χ1n) is 7.10. The number of hydrogen-bond donors (Lipinski definition) is 2. The Bertz CT molecular complexity index is 497. The van der Waals surface area contributed by atoms with Crippen LogP contribution in [0.25, 0.3) is 0 Å². The van der Waals surface area contributed by atoms with E-state index >= 15 is 0 Å². The van der Waals surface area contributed by atoms with Crippen LogP contribution in [0.3, 0.4) is 0 Å². The molecule has 1 aliphatic heterocycles. The van der Waals surface area contributed by atoms with Gasteiger partial charge in [-0.25, -0.2) is 9.18 Å². The number of nitrogen functional groups attached to an aromatic ring is 1. The molecule has 0 atom stereocenters. The number of benzene rings is 1. The number of halogens is 1. The average molecular weight is 280 g/mol. The summed E-state index contributed by atoms with van der Waals surface area (Å²) in [6.45, 7) is 3.71. The van der Waals surface area contributed by atoms with Gasteiger partial charge in [0.2, 0.25) is 0 Å². The normalized spacial score (nSPS) is 16.4. The molecule has 2 rings (SSSR count). The zero-order chi connectivity index (χ0) is 14.7. The molecule has 0 radical (unpaired) electrons. The van der Waals surface area contributed by atoms with Crippen molar-refractivity contribution in [2.45, 2.75) is 32.6 Å². The summed E-state index contributed by atoms with van der Waals surface area (Å²) in [5, 5.41) is 9.07. The second-order valence-corrected chi connectivity index (χ2v) is 5.42. The topological polar surface area (TPSA) is 66.6 Å². The first-order valence-corrected chi connectivity index (χ1v) is 7.10. The number of carboxylic acids is 1. The molecule has 20 heavy (non-hydrogen) atoms. The fourth-order valence-corrected chi connectivity index (χ4v) is 2.88. The van der Waals surface area contributed by atoms with Crippen molar-refractivity contribution >= 4 is 17.3 Å². The van der Waals surface area contributed by atoms with Crippen molar-refractivity contribution in [3.05, 3.63) is 23.5 Å². The predicted octanol–water partition coefficient (Wildman–Crippen LogP) is 3.12. The van der Waals surface area contributed by atoms with Crippen LogP contribution in [0, 0.1) is 11.7 Å². The predicted molar refractivity (Wildman–Crippen MR) is 77.6 cm³/mol. The van der Waals surface area contributed by atoms with Crippen molar-refractivity contribution in [2.24, 2.45) is 5.92 Å². The van der Waals surface area contributed by atoms with Crippen molar-refractivity contribution in [1.29, 1.82) is 0 Å². The van der Waals surface area contributed by atoms with E-state index in [-0.39, 0.29) is 11.3 Å². The zero-order valence-corrected chi connectivity index (χ0v) is 11.7. The smallest absolute Gasteiger partial charge is 0.337 e. The van der Waals surface area contributed by atoms with E-state index in [1.165, 1.54) is 18.9 Å². The Morgan fingerprint density at radius 3 is 2.65 bits per heavy atom. The molecular formula is C15H21FN2O2. The van der Waals surface area contributed by atoms with E-state index in [0.717, 1.165) is 32.0 Å². The summed E-state index contributed by atoms with van der Waals surface area (Å²) >= 11 is 0. The highest BCUT2D eigenvalue weighted by molar-refractivity contribution is 5.95. The van der Waals surface area contributed by atoms with E-state index in [1.54, 1.807) is 0 Å². The molecule has 0 unspecified atom stereocenters. The minimum atomic E-state index is -1.12. The third-order valence-electron chi connectivity index (χ3n) is 4.00. The Morgan fingerprint density at radius 2 is 2.10 bits per heavy atom. The lowest BCUT2D eigenvalue weighted by molar-refractivity contribution is 0.0698. The van der Waals surface area contributed by atoms with E-state index in [9.17, 15) is 9.18 Å². The molecule has 0 aromatic heterocycles. The van der Waals surface area contributed by atoms with Gasteiger partial charge in [-0.15, -0.1) is 0 Å². The van der Waals surface area contributed by atoms with Crippen LogP contribution in [-0.4, -0.2) is 24.2 Å². The molecule has 0 bridgehead atoms. The SMILES string of the molecule is CCCC1CCN(c2cc(C(=O)O)c(N)cc2F)CC1. The Morgan fingerprint density at radius 1 is 1.45 bits per heavy atom. The van der Waals surface area contributed by atoms with Crippen LogP contribution >= 0.6 is 0 Å². The van der Waals surface area contributed by atoms with Crippen molar-refractivity contribution in [3.8, 4) is 0 Å². The van der Waals surface area contributed by atoms with Gasteiger partial charge in [-0.3, -0.25) is 0 Å². The monoisotopic (exact) mass is 280 g/mol. The number of anilines is 2. The summed E-state index contributed by atoms with van der Waals surface area (Å²) in [4.78, 5) is 13.0. The van der Waals surface area contributed by atoms with E-state index in [4.69, 9.17) is 10.8 Å². The fraction of sp³-hybridized carbons (Fsp3) is 0.533. The number of carboxylic acid groups (broad SMARTS) is 1. The van der Waals surface area contributed by atoms with E-state index in [1.807, 2.05) is 4.90 Å². The third kappa shape index (κ3) is 3.03. The molecule has 0 saturated carbocycles. The fourth-order valence-electron chi connectivity index (χ4n) is 2.88. The summed E-state index contributed by atoms with van der Waals surface area (Å²) in [5.41, 5.74) is 5.84. The lowest BCUT2D eigenvalue weighted by Crippen LogP contribution is -2.34. The molecule has 0 aliphatic carbocycles. The van der Waals surface area contributed by atoms with Gasteiger partial charge in [0, 0.05) is 18.8 Å². The maximum absolute atomic E-state index is 14.0. The number of nitrogens with two attached hydrogens (primary N) is 1. The van der Waals surface area contributed by atoms with Crippen LogP contribution in [0.4, 0.5) is 15.8 Å².